The highest BCUT2D eigenvalue weighted by atomic mass is 16.3. The summed E-state index contributed by atoms with van der Waals surface area (Å²) in [5, 5.41) is 10.8. The Morgan fingerprint density at radius 3 is 3.00 bits per heavy atom. The molecule has 106 valence electrons. The topological polar surface area (TPSA) is 59.1 Å². The first-order valence-corrected chi connectivity index (χ1v) is 7.54. The van der Waals surface area contributed by atoms with Crippen molar-refractivity contribution in [3.8, 4) is 0 Å². The second-order valence-corrected chi connectivity index (χ2v) is 6.08. The molecule has 2 atom stereocenters. The van der Waals surface area contributed by atoms with E-state index in [4.69, 9.17) is 5.73 Å². The highest BCUT2D eigenvalue weighted by molar-refractivity contribution is 5.32. The summed E-state index contributed by atoms with van der Waals surface area (Å²) in [4.78, 5) is 4.01. The fourth-order valence-electron chi connectivity index (χ4n) is 3.32. The molecule has 3 N–H and O–H groups in total. The van der Waals surface area contributed by atoms with Crippen molar-refractivity contribution in [3.63, 3.8) is 0 Å². The lowest BCUT2D eigenvalue weighted by atomic mass is 9.87. The van der Waals surface area contributed by atoms with Gasteiger partial charge in [-0.3, -0.25) is 0 Å². The number of hydrogen-bond donors (Lipinski definition) is 2. The molecular weight excluding hydrogens is 236 g/mol. The molecule has 1 aliphatic carbocycles. The van der Waals surface area contributed by atoms with Gasteiger partial charge in [-0.05, 0) is 42.9 Å². The van der Waals surface area contributed by atoms with Gasteiger partial charge in [0.2, 0.25) is 0 Å². The van der Waals surface area contributed by atoms with Crippen molar-refractivity contribution in [1.29, 1.82) is 0 Å². The highest BCUT2D eigenvalue weighted by Crippen LogP contribution is 2.34. The van der Waals surface area contributed by atoms with Crippen LogP contribution in [0.2, 0.25) is 0 Å². The Kier molecular flexibility index (Phi) is 4.81. The normalized spacial score (nSPS) is 28.0. The van der Waals surface area contributed by atoms with E-state index in [0.29, 0.717) is 12.2 Å². The van der Waals surface area contributed by atoms with Crippen molar-refractivity contribution in [2.45, 2.75) is 63.9 Å². The molecule has 19 heavy (non-hydrogen) atoms. The maximum Gasteiger partial charge on any atom is 0.123 e. The third-order valence-electron chi connectivity index (χ3n) is 4.35. The number of anilines is 1. The van der Waals surface area contributed by atoms with Gasteiger partial charge in [0.15, 0.2) is 0 Å². The van der Waals surface area contributed by atoms with Crippen LogP contribution in [0.15, 0.2) is 18.3 Å². The molecule has 1 heterocycles. The lowest BCUT2D eigenvalue weighted by Gasteiger charge is -2.27. The van der Waals surface area contributed by atoms with Gasteiger partial charge < -0.3 is 10.8 Å². The molecular formula is C16H26N2O. The standard InChI is InChI=1S/C16H26N2O/c1-2-4-13-5-3-8-16(19,9-6-13)12-14-7-10-18-15(17)11-14/h7,10-11,13,19H,2-6,8-9,12H2,1H3,(H2,17,18). The SMILES string of the molecule is CCCC1CCCC(O)(Cc2ccnc(N)c2)CC1. The molecule has 2 rings (SSSR count). The van der Waals surface area contributed by atoms with Gasteiger partial charge in [-0.2, -0.15) is 0 Å². The Morgan fingerprint density at radius 2 is 2.26 bits per heavy atom. The second-order valence-electron chi connectivity index (χ2n) is 6.08. The van der Waals surface area contributed by atoms with E-state index in [1.165, 1.54) is 19.3 Å². The van der Waals surface area contributed by atoms with Crippen molar-refractivity contribution in [2.75, 3.05) is 5.73 Å². The molecule has 1 fully saturated rings. The zero-order valence-electron chi connectivity index (χ0n) is 11.9. The molecule has 0 aromatic carbocycles. The molecule has 1 saturated carbocycles. The predicted molar refractivity (Wildman–Crippen MR) is 78.8 cm³/mol. The van der Waals surface area contributed by atoms with Gasteiger partial charge in [-0.25, -0.2) is 4.98 Å². The van der Waals surface area contributed by atoms with Crippen molar-refractivity contribution in [3.05, 3.63) is 23.9 Å². The number of hydrogen-bond acceptors (Lipinski definition) is 3. The Balaban J connectivity index is 1.98. The Labute approximate surface area is 116 Å². The van der Waals surface area contributed by atoms with Gasteiger partial charge in [-0.15, -0.1) is 0 Å². The fourth-order valence-corrected chi connectivity index (χ4v) is 3.32. The number of aliphatic hydroxyl groups is 1. The smallest absolute Gasteiger partial charge is 0.123 e. The minimum Gasteiger partial charge on any atom is -0.390 e. The van der Waals surface area contributed by atoms with Crippen LogP contribution in [-0.2, 0) is 6.42 Å². The van der Waals surface area contributed by atoms with Crippen molar-refractivity contribution in [1.82, 2.24) is 4.98 Å². The summed E-state index contributed by atoms with van der Waals surface area (Å²) in [6.45, 7) is 2.25. The van der Waals surface area contributed by atoms with Crippen LogP contribution in [-0.4, -0.2) is 15.7 Å². The van der Waals surface area contributed by atoms with E-state index < -0.39 is 5.60 Å². The average Bonchev–Trinajstić information content (AvgIpc) is 2.53. The number of nitrogens with two attached hydrogens (primary N) is 1. The molecule has 1 aromatic rings. The monoisotopic (exact) mass is 262 g/mol. The molecule has 0 radical (unpaired) electrons. The number of nitrogens with zero attached hydrogens (tertiary/aromatic N) is 1. The van der Waals surface area contributed by atoms with Gasteiger partial charge in [0.1, 0.15) is 5.82 Å². The van der Waals surface area contributed by atoms with Gasteiger partial charge in [-0.1, -0.05) is 32.6 Å². The summed E-state index contributed by atoms with van der Waals surface area (Å²) in [7, 11) is 0. The summed E-state index contributed by atoms with van der Waals surface area (Å²) in [5.41, 5.74) is 6.26. The summed E-state index contributed by atoms with van der Waals surface area (Å²) in [5.74, 6) is 1.35. The fraction of sp³-hybridized carbons (Fsp3) is 0.688. The lowest BCUT2D eigenvalue weighted by Crippen LogP contribution is -2.30. The molecule has 3 nitrogen and oxygen atoms in total. The number of nitrogen functional groups attached to an aromatic ring is 1. The van der Waals surface area contributed by atoms with Crippen LogP contribution in [0.4, 0.5) is 5.82 Å². The zero-order chi connectivity index (χ0) is 13.7. The molecule has 0 saturated heterocycles. The van der Waals surface area contributed by atoms with E-state index in [2.05, 4.69) is 11.9 Å². The van der Waals surface area contributed by atoms with Crippen molar-refractivity contribution in [2.24, 2.45) is 5.92 Å². The second kappa shape index (κ2) is 6.38. The third kappa shape index (κ3) is 4.20. The first kappa shape index (κ1) is 14.3. The Morgan fingerprint density at radius 1 is 1.42 bits per heavy atom. The van der Waals surface area contributed by atoms with E-state index in [-0.39, 0.29) is 0 Å². The van der Waals surface area contributed by atoms with E-state index in [1.54, 1.807) is 6.20 Å². The Bertz CT molecular complexity index is 407. The number of rotatable bonds is 4. The van der Waals surface area contributed by atoms with Crippen LogP contribution in [0.3, 0.4) is 0 Å². The zero-order valence-corrected chi connectivity index (χ0v) is 11.9. The molecule has 0 aliphatic heterocycles. The quantitative estimate of drug-likeness (QED) is 0.818. The van der Waals surface area contributed by atoms with E-state index in [9.17, 15) is 5.11 Å². The molecule has 0 bridgehead atoms. The van der Waals surface area contributed by atoms with Gasteiger partial charge in [0.25, 0.3) is 0 Å². The number of aromatic nitrogens is 1. The summed E-state index contributed by atoms with van der Waals surface area (Å²) in [6, 6.07) is 3.84. The lowest BCUT2D eigenvalue weighted by molar-refractivity contribution is 0.0241. The van der Waals surface area contributed by atoms with Gasteiger partial charge >= 0.3 is 0 Å². The first-order chi connectivity index (χ1) is 9.11. The van der Waals surface area contributed by atoms with E-state index in [1.807, 2.05) is 12.1 Å². The van der Waals surface area contributed by atoms with Crippen molar-refractivity contribution >= 4 is 5.82 Å². The maximum absolute atomic E-state index is 10.8. The van der Waals surface area contributed by atoms with Crippen molar-refractivity contribution < 1.29 is 5.11 Å². The van der Waals surface area contributed by atoms with Gasteiger partial charge in [0, 0.05) is 12.6 Å². The largest absolute Gasteiger partial charge is 0.390 e. The molecule has 0 amide bonds. The molecule has 2 unspecified atom stereocenters. The van der Waals surface area contributed by atoms with Gasteiger partial charge in [0.05, 0.1) is 5.60 Å². The maximum atomic E-state index is 10.8. The predicted octanol–water partition coefficient (Wildman–Crippen LogP) is 3.32. The summed E-state index contributed by atoms with van der Waals surface area (Å²) >= 11 is 0. The molecule has 1 aromatic heterocycles. The molecule has 1 aliphatic rings. The minimum absolute atomic E-state index is 0.540. The summed E-state index contributed by atoms with van der Waals surface area (Å²) < 4.78 is 0. The molecule has 3 heteroatoms. The highest BCUT2D eigenvalue weighted by Gasteiger charge is 2.30. The number of pyridine rings is 1. The average molecular weight is 262 g/mol. The van der Waals surface area contributed by atoms with Crippen LogP contribution in [0.25, 0.3) is 0 Å². The third-order valence-corrected chi connectivity index (χ3v) is 4.35. The van der Waals surface area contributed by atoms with E-state index in [0.717, 1.165) is 37.2 Å². The summed E-state index contributed by atoms with van der Waals surface area (Å²) in [6.07, 6.45) is 10.4. The van der Waals surface area contributed by atoms with E-state index >= 15 is 0 Å². The Hall–Kier alpha value is -1.09. The van der Waals surface area contributed by atoms with Crippen LogP contribution >= 0.6 is 0 Å². The molecule has 0 spiro atoms. The minimum atomic E-state index is -0.545. The first-order valence-electron chi connectivity index (χ1n) is 7.54. The van der Waals surface area contributed by atoms with Crippen LogP contribution in [0.1, 0.15) is 57.4 Å². The van der Waals surface area contributed by atoms with Crippen LogP contribution in [0, 0.1) is 5.92 Å². The van der Waals surface area contributed by atoms with Crippen LogP contribution in [0.5, 0.6) is 0 Å². The van der Waals surface area contributed by atoms with Crippen LogP contribution < -0.4 is 5.73 Å².